The summed E-state index contributed by atoms with van der Waals surface area (Å²) >= 11 is 0. The summed E-state index contributed by atoms with van der Waals surface area (Å²) in [5.41, 5.74) is 1.04. The van der Waals surface area contributed by atoms with Crippen LogP contribution in [-0.4, -0.2) is 16.1 Å². The predicted octanol–water partition coefficient (Wildman–Crippen LogP) is 4.83. The molecule has 0 atom stereocenters. The second-order valence-corrected chi connectivity index (χ2v) is 6.00. The Balaban J connectivity index is 1.98. The summed E-state index contributed by atoms with van der Waals surface area (Å²) in [4.78, 5) is 14.2. The van der Waals surface area contributed by atoms with Gasteiger partial charge in [0.25, 0.3) is 0 Å². The molecule has 0 unspecified atom stereocenters. The molecular weight excluding hydrogens is 342 g/mol. The van der Waals surface area contributed by atoms with Gasteiger partial charge in [-0.1, -0.05) is 49.4 Å². The highest BCUT2D eigenvalue weighted by atomic mass is 16.5. The maximum absolute atomic E-state index is 12.6. The molecule has 0 bridgehead atoms. The van der Waals surface area contributed by atoms with E-state index >= 15 is 0 Å². The molecular formula is C22H21NO4. The van der Waals surface area contributed by atoms with Gasteiger partial charge in [-0.25, -0.2) is 0 Å². The minimum atomic E-state index is -0.229. The number of ether oxygens (including phenoxy) is 1. The molecule has 1 amide bonds. The van der Waals surface area contributed by atoms with Gasteiger partial charge in [0.15, 0.2) is 17.2 Å². The van der Waals surface area contributed by atoms with Crippen LogP contribution in [-0.2, 0) is 11.3 Å². The molecule has 0 aromatic heterocycles. The van der Waals surface area contributed by atoms with Crippen molar-refractivity contribution in [3.8, 4) is 23.0 Å². The molecule has 0 fully saturated rings. The number of rotatable bonds is 6. The van der Waals surface area contributed by atoms with E-state index in [1.54, 1.807) is 36.1 Å². The zero-order chi connectivity index (χ0) is 19.2. The zero-order valence-corrected chi connectivity index (χ0v) is 15.0. The molecule has 0 heterocycles. The lowest BCUT2D eigenvalue weighted by molar-refractivity contribution is -0.118. The smallest absolute Gasteiger partial charge is 0.227 e. The summed E-state index contributed by atoms with van der Waals surface area (Å²) in [6.45, 7) is 1.89. The number of amides is 1. The minimum absolute atomic E-state index is 0.113. The van der Waals surface area contributed by atoms with Crippen LogP contribution in [0.15, 0.2) is 72.8 Å². The van der Waals surface area contributed by atoms with Crippen molar-refractivity contribution in [3.63, 3.8) is 0 Å². The van der Waals surface area contributed by atoms with Crippen LogP contribution in [0.4, 0.5) is 5.69 Å². The van der Waals surface area contributed by atoms with Gasteiger partial charge in [-0.15, -0.1) is 0 Å². The SMILES string of the molecule is CCC(=O)N(Cc1cccc(O)c1O)c1ccccc1Oc1ccccc1. The highest BCUT2D eigenvalue weighted by Crippen LogP contribution is 2.36. The van der Waals surface area contributed by atoms with Gasteiger partial charge in [-0.2, -0.15) is 0 Å². The van der Waals surface area contributed by atoms with Crippen molar-refractivity contribution in [3.05, 3.63) is 78.4 Å². The van der Waals surface area contributed by atoms with E-state index in [4.69, 9.17) is 4.74 Å². The highest BCUT2D eigenvalue weighted by molar-refractivity contribution is 5.94. The Labute approximate surface area is 158 Å². The number of aromatic hydroxyl groups is 2. The number of anilines is 1. The zero-order valence-electron chi connectivity index (χ0n) is 15.0. The fourth-order valence-electron chi connectivity index (χ4n) is 2.76. The van der Waals surface area contributed by atoms with Crippen LogP contribution in [0, 0.1) is 0 Å². The molecule has 0 aliphatic rings. The second-order valence-electron chi connectivity index (χ2n) is 6.00. The van der Waals surface area contributed by atoms with E-state index in [0.717, 1.165) is 0 Å². The van der Waals surface area contributed by atoms with E-state index in [1.807, 2.05) is 42.5 Å². The lowest BCUT2D eigenvalue weighted by Crippen LogP contribution is -2.30. The topological polar surface area (TPSA) is 70.0 Å². The van der Waals surface area contributed by atoms with E-state index in [1.165, 1.54) is 6.07 Å². The van der Waals surface area contributed by atoms with Crippen molar-refractivity contribution in [2.24, 2.45) is 0 Å². The van der Waals surface area contributed by atoms with Crippen molar-refractivity contribution in [1.29, 1.82) is 0 Å². The van der Waals surface area contributed by atoms with Crippen LogP contribution < -0.4 is 9.64 Å². The number of phenols is 2. The number of para-hydroxylation sites is 4. The van der Waals surface area contributed by atoms with Crippen LogP contribution in [0.25, 0.3) is 0 Å². The van der Waals surface area contributed by atoms with E-state index in [2.05, 4.69) is 0 Å². The van der Waals surface area contributed by atoms with E-state index in [-0.39, 0.29) is 24.0 Å². The molecule has 3 aromatic rings. The summed E-state index contributed by atoms with van der Waals surface area (Å²) in [5, 5.41) is 19.9. The monoisotopic (exact) mass is 363 g/mol. The number of hydrogen-bond donors (Lipinski definition) is 2. The molecule has 0 aliphatic carbocycles. The first-order chi connectivity index (χ1) is 13.1. The summed E-state index contributed by atoms with van der Waals surface area (Å²) < 4.78 is 5.97. The van der Waals surface area contributed by atoms with Gasteiger partial charge in [0.1, 0.15) is 5.75 Å². The minimum Gasteiger partial charge on any atom is -0.504 e. The van der Waals surface area contributed by atoms with Gasteiger partial charge in [0.2, 0.25) is 5.91 Å². The van der Waals surface area contributed by atoms with Crippen LogP contribution in [0.1, 0.15) is 18.9 Å². The first-order valence-electron chi connectivity index (χ1n) is 8.72. The normalized spacial score (nSPS) is 10.4. The van der Waals surface area contributed by atoms with Crippen LogP contribution >= 0.6 is 0 Å². The molecule has 0 aliphatic heterocycles. The van der Waals surface area contributed by atoms with Gasteiger partial charge in [-0.3, -0.25) is 4.79 Å². The van der Waals surface area contributed by atoms with Gasteiger partial charge >= 0.3 is 0 Å². The molecule has 138 valence electrons. The van der Waals surface area contributed by atoms with Gasteiger partial charge in [-0.05, 0) is 30.3 Å². The first-order valence-corrected chi connectivity index (χ1v) is 8.72. The Hall–Kier alpha value is -3.47. The number of phenolic OH excluding ortho intramolecular Hbond substituents is 2. The van der Waals surface area contributed by atoms with E-state index < -0.39 is 0 Å². The van der Waals surface area contributed by atoms with Crippen LogP contribution in [0.5, 0.6) is 23.0 Å². The number of carbonyl (C=O) groups excluding carboxylic acids is 1. The maximum atomic E-state index is 12.6. The molecule has 2 N–H and O–H groups in total. The van der Waals surface area contributed by atoms with Gasteiger partial charge < -0.3 is 19.8 Å². The average molecular weight is 363 g/mol. The van der Waals surface area contributed by atoms with Crippen molar-refractivity contribution < 1.29 is 19.7 Å². The largest absolute Gasteiger partial charge is 0.504 e. The summed E-state index contributed by atoms with van der Waals surface area (Å²) in [6.07, 6.45) is 0.291. The third-order valence-corrected chi connectivity index (χ3v) is 4.16. The Bertz CT molecular complexity index is 925. The van der Waals surface area contributed by atoms with E-state index in [9.17, 15) is 15.0 Å². The Kier molecular flexibility index (Phi) is 5.61. The molecule has 5 nitrogen and oxygen atoms in total. The maximum Gasteiger partial charge on any atom is 0.227 e. The Morgan fingerprint density at radius 2 is 1.63 bits per heavy atom. The van der Waals surface area contributed by atoms with Crippen molar-refractivity contribution in [1.82, 2.24) is 0 Å². The molecule has 3 rings (SSSR count). The third kappa shape index (κ3) is 4.20. The lowest BCUT2D eigenvalue weighted by Gasteiger charge is -2.25. The van der Waals surface area contributed by atoms with Crippen molar-refractivity contribution in [2.75, 3.05) is 4.90 Å². The summed E-state index contributed by atoms with van der Waals surface area (Å²) in [6, 6.07) is 21.3. The number of hydrogen-bond acceptors (Lipinski definition) is 4. The highest BCUT2D eigenvalue weighted by Gasteiger charge is 2.21. The predicted molar refractivity (Wildman–Crippen MR) is 104 cm³/mol. The van der Waals surface area contributed by atoms with Crippen molar-refractivity contribution >= 4 is 11.6 Å². The number of carbonyl (C=O) groups is 1. The molecule has 0 saturated heterocycles. The van der Waals surface area contributed by atoms with Gasteiger partial charge in [0.05, 0.1) is 12.2 Å². The van der Waals surface area contributed by atoms with Crippen molar-refractivity contribution in [2.45, 2.75) is 19.9 Å². The standard InChI is InChI=1S/C22H21NO4/c1-2-21(25)23(15-16-9-8-13-19(24)22(16)26)18-12-6-7-14-20(18)27-17-10-4-3-5-11-17/h3-14,24,26H,2,15H2,1H3. The fraction of sp³-hybridized carbons (Fsp3) is 0.136. The molecule has 5 heteroatoms. The Morgan fingerprint density at radius 1 is 0.926 bits per heavy atom. The Morgan fingerprint density at radius 3 is 2.37 bits per heavy atom. The number of nitrogens with zero attached hydrogens (tertiary/aromatic N) is 1. The van der Waals surface area contributed by atoms with E-state index in [0.29, 0.717) is 29.2 Å². The number of benzene rings is 3. The summed E-state index contributed by atoms with van der Waals surface area (Å²) in [5.74, 6) is 0.624. The fourth-order valence-corrected chi connectivity index (χ4v) is 2.76. The van der Waals surface area contributed by atoms with Crippen LogP contribution in [0.2, 0.25) is 0 Å². The molecule has 0 spiro atoms. The summed E-state index contributed by atoms with van der Waals surface area (Å²) in [7, 11) is 0. The molecule has 0 radical (unpaired) electrons. The van der Waals surface area contributed by atoms with Gasteiger partial charge in [0, 0.05) is 12.0 Å². The molecule has 3 aromatic carbocycles. The quantitative estimate of drug-likeness (QED) is 0.615. The first kappa shape index (κ1) is 18.3. The molecule has 0 saturated carbocycles. The average Bonchev–Trinajstić information content (AvgIpc) is 2.70. The second kappa shape index (κ2) is 8.27. The lowest BCUT2D eigenvalue weighted by atomic mass is 10.1. The third-order valence-electron chi connectivity index (χ3n) is 4.16. The van der Waals surface area contributed by atoms with Crippen LogP contribution in [0.3, 0.4) is 0 Å². The molecule has 27 heavy (non-hydrogen) atoms.